The van der Waals surface area contributed by atoms with Crippen LogP contribution in [-0.2, 0) is 9.47 Å². The van der Waals surface area contributed by atoms with Crippen LogP contribution in [0.15, 0.2) is 24.3 Å². The molecule has 20 heavy (non-hydrogen) atoms. The summed E-state index contributed by atoms with van der Waals surface area (Å²) in [6.07, 6.45) is 2.94. The average molecular weight is 279 g/mol. The summed E-state index contributed by atoms with van der Waals surface area (Å²) < 4.78 is 16.1. The SMILES string of the molecule is COCCOCCC(N)CC1CCOc2ccccc21. The molecule has 0 aromatic heterocycles. The van der Waals surface area contributed by atoms with E-state index in [1.165, 1.54) is 5.56 Å². The van der Waals surface area contributed by atoms with Crippen molar-refractivity contribution in [1.82, 2.24) is 0 Å². The van der Waals surface area contributed by atoms with Crippen LogP contribution >= 0.6 is 0 Å². The van der Waals surface area contributed by atoms with Crippen LogP contribution in [0.25, 0.3) is 0 Å². The van der Waals surface area contributed by atoms with Crippen LogP contribution in [0.2, 0.25) is 0 Å². The van der Waals surface area contributed by atoms with Gasteiger partial charge in [-0.25, -0.2) is 0 Å². The molecule has 2 N–H and O–H groups in total. The molecule has 2 rings (SSSR count). The van der Waals surface area contributed by atoms with Crippen molar-refractivity contribution in [3.05, 3.63) is 29.8 Å². The van der Waals surface area contributed by atoms with Crippen molar-refractivity contribution in [2.75, 3.05) is 33.5 Å². The van der Waals surface area contributed by atoms with E-state index in [0.717, 1.165) is 31.6 Å². The maximum atomic E-state index is 6.22. The van der Waals surface area contributed by atoms with Gasteiger partial charge < -0.3 is 19.9 Å². The molecule has 0 fully saturated rings. The zero-order valence-corrected chi connectivity index (χ0v) is 12.2. The van der Waals surface area contributed by atoms with Crippen LogP contribution in [0, 0.1) is 0 Å². The minimum Gasteiger partial charge on any atom is -0.493 e. The molecule has 2 atom stereocenters. The quantitative estimate of drug-likeness (QED) is 0.742. The first kappa shape index (κ1) is 15.3. The standard InChI is InChI=1S/C16H25NO3/c1-18-10-11-19-8-7-14(17)12-13-6-9-20-16-5-3-2-4-15(13)16/h2-5,13-14H,6-12,17H2,1H3. The minimum absolute atomic E-state index is 0.175. The molecule has 1 aliphatic heterocycles. The van der Waals surface area contributed by atoms with Gasteiger partial charge in [0.05, 0.1) is 19.8 Å². The molecule has 1 aromatic carbocycles. The molecule has 4 heteroatoms. The highest BCUT2D eigenvalue weighted by Crippen LogP contribution is 2.36. The first-order valence-electron chi connectivity index (χ1n) is 7.35. The molecule has 0 spiro atoms. The van der Waals surface area contributed by atoms with E-state index in [0.29, 0.717) is 25.7 Å². The lowest BCUT2D eigenvalue weighted by molar-refractivity contribution is 0.0665. The number of methoxy groups -OCH3 is 1. The molecule has 1 aromatic rings. The normalized spacial score (nSPS) is 19.2. The molecule has 0 bridgehead atoms. The number of hydrogen-bond acceptors (Lipinski definition) is 4. The van der Waals surface area contributed by atoms with Crippen LogP contribution in [-0.4, -0.2) is 39.6 Å². The summed E-state index contributed by atoms with van der Waals surface area (Å²) in [4.78, 5) is 0. The molecule has 1 aliphatic rings. The molecular weight excluding hydrogens is 254 g/mol. The summed E-state index contributed by atoms with van der Waals surface area (Å²) >= 11 is 0. The Hall–Kier alpha value is -1.10. The molecular formula is C16H25NO3. The van der Waals surface area contributed by atoms with Gasteiger partial charge in [-0.15, -0.1) is 0 Å². The van der Waals surface area contributed by atoms with Crippen LogP contribution < -0.4 is 10.5 Å². The van der Waals surface area contributed by atoms with Gasteiger partial charge in [0.2, 0.25) is 0 Å². The lowest BCUT2D eigenvalue weighted by Crippen LogP contribution is -2.27. The molecule has 0 aliphatic carbocycles. The van der Waals surface area contributed by atoms with E-state index in [1.54, 1.807) is 7.11 Å². The Morgan fingerprint density at radius 1 is 1.30 bits per heavy atom. The number of hydrogen-bond donors (Lipinski definition) is 1. The van der Waals surface area contributed by atoms with Crippen molar-refractivity contribution in [2.24, 2.45) is 5.73 Å². The second kappa shape index (κ2) is 8.25. The Bertz CT molecular complexity index is 397. The van der Waals surface area contributed by atoms with E-state index >= 15 is 0 Å². The third kappa shape index (κ3) is 4.47. The van der Waals surface area contributed by atoms with Crippen molar-refractivity contribution in [3.63, 3.8) is 0 Å². The molecule has 4 nitrogen and oxygen atoms in total. The smallest absolute Gasteiger partial charge is 0.122 e. The van der Waals surface area contributed by atoms with Crippen molar-refractivity contribution < 1.29 is 14.2 Å². The predicted octanol–water partition coefficient (Wildman–Crippen LogP) is 2.32. The zero-order chi connectivity index (χ0) is 14.2. The maximum absolute atomic E-state index is 6.22. The molecule has 2 unspecified atom stereocenters. The van der Waals surface area contributed by atoms with Crippen molar-refractivity contribution in [2.45, 2.75) is 31.2 Å². The van der Waals surface area contributed by atoms with E-state index in [2.05, 4.69) is 12.1 Å². The highest BCUT2D eigenvalue weighted by Gasteiger charge is 2.22. The van der Waals surface area contributed by atoms with E-state index in [-0.39, 0.29) is 6.04 Å². The number of fused-ring (bicyclic) bond motifs is 1. The van der Waals surface area contributed by atoms with Gasteiger partial charge in [0, 0.05) is 19.8 Å². The summed E-state index contributed by atoms with van der Waals surface area (Å²) in [5.74, 6) is 1.53. The van der Waals surface area contributed by atoms with Gasteiger partial charge in [0.1, 0.15) is 5.75 Å². The summed E-state index contributed by atoms with van der Waals surface area (Å²) in [7, 11) is 1.68. The van der Waals surface area contributed by atoms with Gasteiger partial charge in [0.15, 0.2) is 0 Å². The minimum atomic E-state index is 0.175. The zero-order valence-electron chi connectivity index (χ0n) is 12.2. The van der Waals surface area contributed by atoms with E-state index in [4.69, 9.17) is 19.9 Å². The fourth-order valence-corrected chi connectivity index (χ4v) is 2.62. The fourth-order valence-electron chi connectivity index (χ4n) is 2.62. The van der Waals surface area contributed by atoms with Gasteiger partial charge in [-0.05, 0) is 36.8 Å². The largest absolute Gasteiger partial charge is 0.493 e. The number of nitrogens with two attached hydrogens (primary N) is 1. The number of rotatable bonds is 8. The third-order valence-corrected chi connectivity index (χ3v) is 3.73. The van der Waals surface area contributed by atoms with Gasteiger partial charge in [-0.2, -0.15) is 0 Å². The van der Waals surface area contributed by atoms with E-state index in [9.17, 15) is 0 Å². The molecule has 112 valence electrons. The van der Waals surface area contributed by atoms with E-state index in [1.807, 2.05) is 12.1 Å². The van der Waals surface area contributed by atoms with Gasteiger partial charge >= 0.3 is 0 Å². The topological polar surface area (TPSA) is 53.7 Å². The lowest BCUT2D eigenvalue weighted by atomic mass is 9.87. The highest BCUT2D eigenvalue weighted by atomic mass is 16.5. The monoisotopic (exact) mass is 279 g/mol. The third-order valence-electron chi connectivity index (χ3n) is 3.73. The summed E-state index contributed by atoms with van der Waals surface area (Å²) in [5.41, 5.74) is 7.52. The molecule has 0 radical (unpaired) electrons. The second-order valence-corrected chi connectivity index (χ2v) is 5.26. The molecule has 0 amide bonds. The summed E-state index contributed by atoms with van der Waals surface area (Å²) in [6.45, 7) is 2.78. The molecule has 0 saturated carbocycles. The van der Waals surface area contributed by atoms with Crippen LogP contribution in [0.5, 0.6) is 5.75 Å². The number of benzene rings is 1. The Balaban J connectivity index is 1.76. The number of para-hydroxylation sites is 1. The maximum Gasteiger partial charge on any atom is 0.122 e. The summed E-state index contributed by atoms with van der Waals surface area (Å²) in [6, 6.07) is 8.46. The molecule has 0 saturated heterocycles. The predicted molar refractivity (Wildman–Crippen MR) is 79.2 cm³/mol. The highest BCUT2D eigenvalue weighted by molar-refractivity contribution is 5.37. The average Bonchev–Trinajstić information content (AvgIpc) is 2.47. The van der Waals surface area contributed by atoms with Gasteiger partial charge in [-0.3, -0.25) is 0 Å². The van der Waals surface area contributed by atoms with Crippen molar-refractivity contribution in [1.29, 1.82) is 0 Å². The van der Waals surface area contributed by atoms with E-state index < -0.39 is 0 Å². The van der Waals surface area contributed by atoms with Gasteiger partial charge in [0.25, 0.3) is 0 Å². The Morgan fingerprint density at radius 3 is 3.00 bits per heavy atom. The first-order chi connectivity index (χ1) is 9.81. The van der Waals surface area contributed by atoms with Crippen LogP contribution in [0.4, 0.5) is 0 Å². The molecule has 1 heterocycles. The van der Waals surface area contributed by atoms with Crippen molar-refractivity contribution >= 4 is 0 Å². The first-order valence-corrected chi connectivity index (χ1v) is 7.35. The Morgan fingerprint density at radius 2 is 2.15 bits per heavy atom. The second-order valence-electron chi connectivity index (χ2n) is 5.26. The fraction of sp³-hybridized carbons (Fsp3) is 0.625. The van der Waals surface area contributed by atoms with Gasteiger partial charge in [-0.1, -0.05) is 18.2 Å². The van der Waals surface area contributed by atoms with Crippen LogP contribution in [0.3, 0.4) is 0 Å². The van der Waals surface area contributed by atoms with Crippen LogP contribution in [0.1, 0.15) is 30.7 Å². The number of ether oxygens (including phenoxy) is 3. The summed E-state index contributed by atoms with van der Waals surface area (Å²) in [5, 5.41) is 0. The van der Waals surface area contributed by atoms with Crippen molar-refractivity contribution in [3.8, 4) is 5.75 Å². The Kier molecular flexibility index (Phi) is 6.30. The Labute approximate surface area is 121 Å². The lowest BCUT2D eigenvalue weighted by Gasteiger charge is -2.27.